The van der Waals surface area contributed by atoms with E-state index in [-0.39, 0.29) is 0 Å². The first kappa shape index (κ1) is 24.5. The van der Waals surface area contributed by atoms with Crippen molar-refractivity contribution in [2.24, 2.45) is 0 Å². The van der Waals surface area contributed by atoms with Gasteiger partial charge in [-0.25, -0.2) is 9.97 Å². The minimum Gasteiger partial charge on any atom is -0.492 e. The zero-order valence-corrected chi connectivity index (χ0v) is 22.1. The number of aryl methyl sites for hydroxylation is 1. The molecule has 3 heterocycles. The molecular weight excluding hydrogens is 464 g/mol. The van der Waals surface area contributed by atoms with Gasteiger partial charge in [0.05, 0.1) is 10.6 Å². The Kier molecular flexibility index (Phi) is 7.63. The zero-order chi connectivity index (χ0) is 24.9. The second kappa shape index (κ2) is 11.2. The third kappa shape index (κ3) is 5.77. The summed E-state index contributed by atoms with van der Waals surface area (Å²) in [5, 5.41) is 3.35. The van der Waals surface area contributed by atoms with E-state index in [1.165, 1.54) is 41.9 Å². The summed E-state index contributed by atoms with van der Waals surface area (Å²) in [7, 11) is 0. The van der Waals surface area contributed by atoms with Gasteiger partial charge in [0, 0.05) is 23.3 Å². The van der Waals surface area contributed by atoms with Crippen molar-refractivity contribution in [1.29, 1.82) is 0 Å². The van der Waals surface area contributed by atoms with Crippen molar-refractivity contribution in [3.63, 3.8) is 0 Å². The second-order valence-electron chi connectivity index (χ2n) is 9.68. The molecule has 36 heavy (non-hydrogen) atoms. The van der Waals surface area contributed by atoms with Crippen LogP contribution in [0.2, 0.25) is 0 Å². The van der Waals surface area contributed by atoms with Crippen LogP contribution in [-0.2, 0) is 0 Å². The van der Waals surface area contributed by atoms with Gasteiger partial charge in [-0.3, -0.25) is 4.90 Å². The molecule has 1 fully saturated rings. The van der Waals surface area contributed by atoms with Crippen LogP contribution in [0.15, 0.2) is 66.9 Å². The molecule has 1 saturated heterocycles. The van der Waals surface area contributed by atoms with Crippen LogP contribution in [0.1, 0.15) is 43.7 Å². The van der Waals surface area contributed by atoms with Gasteiger partial charge in [-0.15, -0.1) is 11.3 Å². The minimum atomic E-state index is 0.477. The van der Waals surface area contributed by atoms with Crippen molar-refractivity contribution in [2.75, 3.05) is 31.6 Å². The lowest BCUT2D eigenvalue weighted by atomic mass is 9.96. The molecule has 0 radical (unpaired) electrons. The van der Waals surface area contributed by atoms with Crippen molar-refractivity contribution in [3.8, 4) is 26.8 Å². The molecule has 1 aliphatic heterocycles. The highest BCUT2D eigenvalue weighted by Gasteiger charge is 2.14. The molecule has 1 N–H and O–H groups in total. The number of hydrogen-bond donors (Lipinski definition) is 1. The van der Waals surface area contributed by atoms with Gasteiger partial charge in [-0.1, -0.05) is 38.1 Å². The highest BCUT2D eigenvalue weighted by molar-refractivity contribution is 7.18. The maximum Gasteiger partial charge on any atom is 0.227 e. The molecular formula is C30H34N4OS. The molecule has 1 aliphatic rings. The molecule has 4 aromatic rings. The summed E-state index contributed by atoms with van der Waals surface area (Å²) >= 11 is 1.78. The van der Waals surface area contributed by atoms with Gasteiger partial charge in [0.15, 0.2) is 0 Å². The molecule has 0 amide bonds. The highest BCUT2D eigenvalue weighted by Crippen LogP contribution is 2.38. The van der Waals surface area contributed by atoms with Crippen LogP contribution >= 0.6 is 11.3 Å². The smallest absolute Gasteiger partial charge is 0.227 e. The molecule has 5 nitrogen and oxygen atoms in total. The predicted molar refractivity (Wildman–Crippen MR) is 151 cm³/mol. The van der Waals surface area contributed by atoms with Crippen LogP contribution in [0, 0.1) is 6.92 Å². The molecule has 0 aliphatic carbocycles. The predicted octanol–water partition coefficient (Wildman–Crippen LogP) is 7.52. The van der Waals surface area contributed by atoms with Crippen molar-refractivity contribution in [2.45, 2.75) is 39.5 Å². The Morgan fingerprint density at radius 3 is 2.50 bits per heavy atom. The average molecular weight is 499 g/mol. The number of nitrogens with zero attached hydrogens (tertiary/aromatic N) is 3. The fraction of sp³-hybridized carbons (Fsp3) is 0.333. The molecule has 0 spiro atoms. The number of nitrogens with one attached hydrogen (secondary N) is 1. The van der Waals surface area contributed by atoms with Crippen LogP contribution in [0.25, 0.3) is 21.0 Å². The van der Waals surface area contributed by atoms with Crippen molar-refractivity contribution >= 4 is 23.0 Å². The first-order valence-electron chi connectivity index (χ1n) is 12.8. The van der Waals surface area contributed by atoms with Crippen LogP contribution in [0.4, 0.5) is 11.6 Å². The molecule has 2 aromatic carbocycles. The first-order valence-corrected chi connectivity index (χ1v) is 13.6. The molecule has 5 rings (SSSR count). The second-order valence-corrected chi connectivity index (χ2v) is 10.8. The van der Waals surface area contributed by atoms with E-state index in [2.05, 4.69) is 72.4 Å². The van der Waals surface area contributed by atoms with Crippen molar-refractivity contribution < 1.29 is 4.74 Å². The Hall–Kier alpha value is -3.22. The SMILES string of the molecule is Cc1cnc(Nc2ccc(OCCN3CCCC3)cc2)nc1-c1ccc(-c2ccccc2C(C)C)s1. The van der Waals surface area contributed by atoms with Gasteiger partial charge in [0.25, 0.3) is 0 Å². The minimum absolute atomic E-state index is 0.477. The summed E-state index contributed by atoms with van der Waals surface area (Å²) in [6, 6.07) is 21.1. The highest BCUT2D eigenvalue weighted by atomic mass is 32.1. The monoisotopic (exact) mass is 498 g/mol. The summed E-state index contributed by atoms with van der Waals surface area (Å²) in [5.74, 6) is 1.96. The van der Waals surface area contributed by atoms with Crippen LogP contribution in [-0.4, -0.2) is 41.1 Å². The average Bonchev–Trinajstić information content (AvgIpc) is 3.59. The fourth-order valence-electron chi connectivity index (χ4n) is 4.65. The van der Waals surface area contributed by atoms with Gasteiger partial charge < -0.3 is 10.1 Å². The van der Waals surface area contributed by atoms with Crippen LogP contribution < -0.4 is 10.1 Å². The molecule has 0 atom stereocenters. The van der Waals surface area contributed by atoms with Crippen LogP contribution in [0.3, 0.4) is 0 Å². The Labute approximate surface area is 218 Å². The Balaban J connectivity index is 1.27. The van der Waals surface area contributed by atoms with Crippen molar-refractivity contribution in [3.05, 3.63) is 78.0 Å². The fourth-order valence-corrected chi connectivity index (χ4v) is 5.76. The van der Waals surface area contributed by atoms with Gasteiger partial charge >= 0.3 is 0 Å². The van der Waals surface area contributed by atoms with Gasteiger partial charge in [0.1, 0.15) is 12.4 Å². The molecule has 2 aromatic heterocycles. The number of benzene rings is 2. The number of rotatable bonds is 9. The maximum absolute atomic E-state index is 5.93. The number of anilines is 2. The standard InChI is InChI=1S/C30H34N4OS/c1-21(2)25-8-4-5-9-26(25)27-14-15-28(36-27)29-22(3)20-31-30(33-29)32-23-10-12-24(13-11-23)35-19-18-34-16-6-7-17-34/h4-5,8-15,20-21H,6-7,16-19H2,1-3H3,(H,31,32,33). The third-order valence-electron chi connectivity index (χ3n) is 6.64. The molecule has 186 valence electrons. The Morgan fingerprint density at radius 1 is 0.972 bits per heavy atom. The maximum atomic E-state index is 5.93. The van der Waals surface area contributed by atoms with E-state index < -0.39 is 0 Å². The number of thiophene rings is 1. The number of hydrogen-bond acceptors (Lipinski definition) is 6. The van der Waals surface area contributed by atoms with E-state index in [4.69, 9.17) is 9.72 Å². The van der Waals surface area contributed by atoms with E-state index in [1.807, 2.05) is 30.5 Å². The van der Waals surface area contributed by atoms with E-state index >= 15 is 0 Å². The quantitative estimate of drug-likeness (QED) is 0.259. The van der Waals surface area contributed by atoms with Gasteiger partial charge in [-0.2, -0.15) is 0 Å². The number of likely N-dealkylation sites (tertiary alicyclic amines) is 1. The van der Waals surface area contributed by atoms with E-state index in [0.717, 1.165) is 40.7 Å². The van der Waals surface area contributed by atoms with Crippen LogP contribution in [0.5, 0.6) is 5.75 Å². The largest absolute Gasteiger partial charge is 0.492 e. The number of ether oxygens (including phenoxy) is 1. The van der Waals surface area contributed by atoms with Gasteiger partial charge in [0.2, 0.25) is 5.95 Å². The summed E-state index contributed by atoms with van der Waals surface area (Å²) in [4.78, 5) is 14.3. The van der Waals surface area contributed by atoms with Crippen molar-refractivity contribution in [1.82, 2.24) is 14.9 Å². The zero-order valence-electron chi connectivity index (χ0n) is 21.3. The van der Waals surface area contributed by atoms with E-state index in [9.17, 15) is 0 Å². The molecule has 0 saturated carbocycles. The molecule has 0 bridgehead atoms. The molecule has 6 heteroatoms. The lowest BCUT2D eigenvalue weighted by Crippen LogP contribution is -2.25. The lowest BCUT2D eigenvalue weighted by molar-refractivity contribution is 0.238. The first-order chi connectivity index (χ1) is 17.6. The lowest BCUT2D eigenvalue weighted by Gasteiger charge is -2.15. The Morgan fingerprint density at radius 2 is 1.72 bits per heavy atom. The Bertz CT molecular complexity index is 1290. The third-order valence-corrected chi connectivity index (χ3v) is 7.77. The van der Waals surface area contributed by atoms with Gasteiger partial charge in [-0.05, 0) is 91.9 Å². The summed E-state index contributed by atoms with van der Waals surface area (Å²) < 4.78 is 5.93. The number of aromatic nitrogens is 2. The topological polar surface area (TPSA) is 50.3 Å². The molecule has 0 unspecified atom stereocenters. The normalized spacial score (nSPS) is 13.9. The summed E-state index contributed by atoms with van der Waals surface area (Å²) in [6.45, 7) is 10.7. The summed E-state index contributed by atoms with van der Waals surface area (Å²) in [6.07, 6.45) is 4.51. The summed E-state index contributed by atoms with van der Waals surface area (Å²) in [5.41, 5.74) is 5.64. The van der Waals surface area contributed by atoms with E-state index in [1.54, 1.807) is 11.3 Å². The van der Waals surface area contributed by atoms with E-state index in [0.29, 0.717) is 11.9 Å².